The number of hydrogen-bond donors (Lipinski definition) is 1. The van der Waals surface area contributed by atoms with Gasteiger partial charge in [-0.05, 0) is 137 Å². The summed E-state index contributed by atoms with van der Waals surface area (Å²) in [5, 5.41) is 3.56. The van der Waals surface area contributed by atoms with Gasteiger partial charge in [0.25, 0.3) is 0 Å². The number of hydrogen-bond acceptors (Lipinski definition) is 6. The van der Waals surface area contributed by atoms with Gasteiger partial charge in [-0.15, -0.1) is 0 Å². The van der Waals surface area contributed by atoms with Crippen LogP contribution in [0, 0.1) is 40.4 Å². The lowest BCUT2D eigenvalue weighted by atomic mass is 9.47. The molecule has 362 valence electrons. The minimum absolute atomic E-state index is 0.00538. The highest BCUT2D eigenvalue weighted by atomic mass is 16.6. The van der Waals surface area contributed by atoms with Crippen LogP contribution in [-0.4, -0.2) is 78.2 Å². The van der Waals surface area contributed by atoms with Gasteiger partial charge in [0.2, 0.25) is 0 Å². The van der Waals surface area contributed by atoms with Crippen LogP contribution < -0.4 is 5.32 Å². The minimum atomic E-state index is 0.00538. The van der Waals surface area contributed by atoms with Gasteiger partial charge in [-0.1, -0.05) is 142 Å². The van der Waals surface area contributed by atoms with Crippen molar-refractivity contribution in [2.24, 2.45) is 40.4 Å². The standard InChI is InChI=1S/C56H103NO5/c1-8-10-11-12-13-14-15-16-17-18-19-20-21-22-23-26-37-60-45-51(44-57-43-49(9-2)58-7)62-41-39-59-38-40-61-50-33-35-56(6)48(42-50)29-31-52-53-32-30-47(28-25-24-27-46(3)4)55(53,5)36-34-54(52)56/h16-17,29,46-47,49-54,57H,8-15,18-28,30-45H2,1-7H3/t47-,49?,50-,51?,52-,53-,54-,55+,56-/m0/s1. The Morgan fingerprint density at radius 3 is 2.15 bits per heavy atom. The summed E-state index contributed by atoms with van der Waals surface area (Å²) in [4.78, 5) is 0. The Hall–Kier alpha value is -0.760. The van der Waals surface area contributed by atoms with Crippen LogP contribution in [0.4, 0.5) is 0 Å². The van der Waals surface area contributed by atoms with Crippen molar-refractivity contribution in [2.75, 3.05) is 59.8 Å². The van der Waals surface area contributed by atoms with E-state index in [4.69, 9.17) is 23.7 Å². The summed E-state index contributed by atoms with van der Waals surface area (Å²) in [5.41, 5.74) is 2.69. The maximum absolute atomic E-state index is 6.49. The molecular formula is C56H103NO5. The van der Waals surface area contributed by atoms with Crippen LogP contribution in [-0.2, 0) is 23.7 Å². The molecular weight excluding hydrogens is 767 g/mol. The summed E-state index contributed by atoms with van der Waals surface area (Å²) < 4.78 is 30.5. The number of fused-ring (bicyclic) bond motifs is 5. The zero-order valence-corrected chi connectivity index (χ0v) is 42.1. The molecule has 4 aliphatic rings. The molecule has 1 N–H and O–H groups in total. The van der Waals surface area contributed by atoms with Crippen LogP contribution >= 0.6 is 0 Å². The molecule has 0 saturated heterocycles. The van der Waals surface area contributed by atoms with Gasteiger partial charge in [0.1, 0.15) is 0 Å². The lowest BCUT2D eigenvalue weighted by molar-refractivity contribution is -0.0686. The summed E-state index contributed by atoms with van der Waals surface area (Å²) in [6.07, 6.45) is 44.2. The van der Waals surface area contributed by atoms with E-state index in [2.05, 4.69) is 65.1 Å². The first kappa shape index (κ1) is 53.9. The monoisotopic (exact) mass is 870 g/mol. The van der Waals surface area contributed by atoms with Crippen molar-refractivity contribution in [1.82, 2.24) is 5.32 Å². The molecule has 4 rings (SSSR count). The largest absolute Gasteiger partial charge is 0.380 e. The van der Waals surface area contributed by atoms with Crippen molar-refractivity contribution >= 4 is 0 Å². The molecule has 0 aromatic carbocycles. The summed E-state index contributed by atoms with van der Waals surface area (Å²) in [6.45, 7) is 20.0. The van der Waals surface area contributed by atoms with Crippen LogP contribution in [0.3, 0.4) is 0 Å². The van der Waals surface area contributed by atoms with Gasteiger partial charge in [-0.2, -0.15) is 0 Å². The second kappa shape index (κ2) is 31.3. The maximum atomic E-state index is 6.49. The Labute approximate surface area is 385 Å². The fourth-order valence-corrected chi connectivity index (χ4v) is 12.6. The molecule has 62 heavy (non-hydrogen) atoms. The lowest BCUT2D eigenvalue weighted by Crippen LogP contribution is -2.50. The third-order valence-corrected chi connectivity index (χ3v) is 16.6. The molecule has 0 bridgehead atoms. The summed E-state index contributed by atoms with van der Waals surface area (Å²) in [6, 6.07) is 0. The van der Waals surface area contributed by atoms with E-state index in [1.165, 1.54) is 154 Å². The second-order valence-corrected chi connectivity index (χ2v) is 21.5. The first-order valence-electron chi connectivity index (χ1n) is 27.2. The SMILES string of the molecule is CCCCCCCCC=CCCCCCCCCOCC(CNCC(CC)OC)OCCOCCO[C@H]1CC[C@@]2(C)C(=CC[C@H]3[C@@H]4CC[C@H](CCCCC(C)C)[C@@]4(C)CC[C@@H]32)C1. The Morgan fingerprint density at radius 2 is 1.42 bits per heavy atom. The number of ether oxygens (including phenoxy) is 5. The molecule has 0 aliphatic heterocycles. The molecule has 0 aromatic heterocycles. The minimum Gasteiger partial charge on any atom is -0.380 e. The lowest BCUT2D eigenvalue weighted by Gasteiger charge is -2.58. The van der Waals surface area contributed by atoms with Crippen LogP contribution in [0.2, 0.25) is 0 Å². The average Bonchev–Trinajstić information content (AvgIpc) is 3.61. The highest BCUT2D eigenvalue weighted by Gasteiger charge is 2.58. The first-order chi connectivity index (χ1) is 30.2. The molecule has 0 amide bonds. The Balaban J connectivity index is 1.05. The molecule has 3 saturated carbocycles. The fraction of sp³-hybridized carbons (Fsp3) is 0.929. The van der Waals surface area contributed by atoms with Gasteiger partial charge < -0.3 is 29.0 Å². The van der Waals surface area contributed by atoms with Crippen molar-refractivity contribution in [1.29, 1.82) is 0 Å². The Bertz CT molecular complexity index is 1180. The van der Waals surface area contributed by atoms with E-state index in [1.54, 1.807) is 12.7 Å². The normalized spacial score (nSPS) is 28.3. The van der Waals surface area contributed by atoms with Gasteiger partial charge in [0, 0.05) is 26.8 Å². The first-order valence-corrected chi connectivity index (χ1v) is 27.2. The van der Waals surface area contributed by atoms with Gasteiger partial charge in [0.15, 0.2) is 0 Å². The van der Waals surface area contributed by atoms with E-state index in [9.17, 15) is 0 Å². The summed E-state index contributed by atoms with van der Waals surface area (Å²) in [5.74, 6) is 4.53. The molecule has 3 fully saturated rings. The summed E-state index contributed by atoms with van der Waals surface area (Å²) in [7, 11) is 1.79. The number of allylic oxidation sites excluding steroid dienone is 3. The number of unbranched alkanes of at least 4 members (excludes halogenated alkanes) is 13. The topological polar surface area (TPSA) is 58.2 Å². The molecule has 2 unspecified atom stereocenters. The van der Waals surface area contributed by atoms with Gasteiger partial charge in [-0.3, -0.25) is 0 Å². The second-order valence-electron chi connectivity index (χ2n) is 21.5. The van der Waals surface area contributed by atoms with Crippen LogP contribution in [0.5, 0.6) is 0 Å². The maximum Gasteiger partial charge on any atom is 0.0933 e. The highest BCUT2D eigenvalue weighted by Crippen LogP contribution is 2.66. The van der Waals surface area contributed by atoms with Crippen molar-refractivity contribution in [3.63, 3.8) is 0 Å². The van der Waals surface area contributed by atoms with E-state index in [0.717, 1.165) is 68.5 Å². The molecule has 4 aliphatic carbocycles. The van der Waals surface area contributed by atoms with Crippen LogP contribution in [0.1, 0.15) is 215 Å². The Morgan fingerprint density at radius 1 is 0.710 bits per heavy atom. The van der Waals surface area contributed by atoms with E-state index in [0.29, 0.717) is 50.0 Å². The highest BCUT2D eigenvalue weighted by molar-refractivity contribution is 5.25. The third-order valence-electron chi connectivity index (χ3n) is 16.6. The zero-order chi connectivity index (χ0) is 44.3. The number of nitrogens with one attached hydrogen (secondary N) is 1. The zero-order valence-electron chi connectivity index (χ0n) is 42.1. The van der Waals surface area contributed by atoms with Crippen LogP contribution in [0.25, 0.3) is 0 Å². The average molecular weight is 870 g/mol. The van der Waals surface area contributed by atoms with Crippen molar-refractivity contribution in [3.8, 4) is 0 Å². The van der Waals surface area contributed by atoms with Gasteiger partial charge >= 0.3 is 0 Å². The molecule has 9 atom stereocenters. The Kier molecular flexibility index (Phi) is 27.1. The number of rotatable bonds is 37. The van der Waals surface area contributed by atoms with Gasteiger partial charge in [-0.25, -0.2) is 0 Å². The molecule has 6 heteroatoms. The predicted octanol–water partition coefficient (Wildman–Crippen LogP) is 14.6. The quantitative estimate of drug-likeness (QED) is 0.0496. The number of methoxy groups -OCH3 is 1. The van der Waals surface area contributed by atoms with E-state index < -0.39 is 0 Å². The van der Waals surface area contributed by atoms with Crippen molar-refractivity contribution < 1.29 is 23.7 Å². The third kappa shape index (κ3) is 18.5. The van der Waals surface area contributed by atoms with Gasteiger partial charge in [0.05, 0.1) is 51.3 Å². The summed E-state index contributed by atoms with van der Waals surface area (Å²) >= 11 is 0. The smallest absolute Gasteiger partial charge is 0.0933 e. The fourth-order valence-electron chi connectivity index (χ4n) is 12.6. The molecule has 0 heterocycles. The molecule has 0 spiro atoms. The van der Waals surface area contributed by atoms with E-state index in [1.807, 2.05) is 0 Å². The van der Waals surface area contributed by atoms with Crippen molar-refractivity contribution in [3.05, 3.63) is 23.8 Å². The predicted molar refractivity (Wildman–Crippen MR) is 263 cm³/mol. The van der Waals surface area contributed by atoms with E-state index >= 15 is 0 Å². The molecule has 0 radical (unpaired) electrons. The molecule has 6 nitrogen and oxygen atoms in total. The van der Waals surface area contributed by atoms with Crippen molar-refractivity contribution in [2.45, 2.75) is 233 Å². The van der Waals surface area contributed by atoms with Crippen LogP contribution in [0.15, 0.2) is 23.8 Å². The molecule has 0 aromatic rings. The van der Waals surface area contributed by atoms with E-state index in [-0.39, 0.29) is 12.2 Å².